The number of hydrogen-bond acceptors (Lipinski definition) is 9. The van der Waals surface area contributed by atoms with Crippen LogP contribution in [0.25, 0.3) is 0 Å². The monoisotopic (exact) mass is 416 g/mol. The molecule has 4 rings (SSSR count). The highest BCUT2D eigenvalue weighted by Crippen LogP contribution is 2.38. The fourth-order valence-corrected chi connectivity index (χ4v) is 4.37. The summed E-state index contributed by atoms with van der Waals surface area (Å²) in [6.07, 6.45) is 2.62. The molecule has 3 saturated heterocycles. The lowest BCUT2D eigenvalue weighted by Crippen LogP contribution is -2.43. The number of aromatic nitrogens is 2. The Balaban J connectivity index is 1.34. The fraction of sp³-hybridized carbons (Fsp3) is 0.800. The molecule has 28 heavy (non-hydrogen) atoms. The standard InChI is InChI=1S/C15H24N6O6S/c22-15-20-10-11(21(15)27-28(23,24)25)3-4-12(20)14-18-17-13(26-14)2-1-7-19-8-5-16-6-9-19/h11-12,16H,1-10H2,(H,23,24,25)/t11-,12-/m0/s1. The molecule has 0 aromatic carbocycles. The number of piperazine rings is 1. The van der Waals surface area contributed by atoms with Gasteiger partial charge in [-0.25, -0.2) is 4.79 Å². The van der Waals surface area contributed by atoms with Gasteiger partial charge >= 0.3 is 16.4 Å². The van der Waals surface area contributed by atoms with Crippen molar-refractivity contribution < 1.29 is 26.5 Å². The molecule has 3 aliphatic rings. The van der Waals surface area contributed by atoms with Gasteiger partial charge in [0.1, 0.15) is 6.04 Å². The number of amides is 2. The van der Waals surface area contributed by atoms with Gasteiger partial charge in [-0.1, -0.05) is 0 Å². The normalized spacial score (nSPS) is 26.2. The van der Waals surface area contributed by atoms with Crippen LogP contribution in [-0.4, -0.2) is 89.4 Å². The molecule has 0 spiro atoms. The molecule has 13 heteroatoms. The lowest BCUT2D eigenvalue weighted by atomic mass is 10.0. The number of nitrogens with zero attached hydrogens (tertiary/aromatic N) is 5. The van der Waals surface area contributed by atoms with Crippen molar-refractivity contribution in [3.63, 3.8) is 0 Å². The number of nitrogens with one attached hydrogen (secondary N) is 1. The van der Waals surface area contributed by atoms with Crippen LogP contribution in [0.15, 0.2) is 4.42 Å². The average molecular weight is 416 g/mol. The van der Waals surface area contributed by atoms with Crippen molar-refractivity contribution in [3.05, 3.63) is 11.8 Å². The highest BCUT2D eigenvalue weighted by molar-refractivity contribution is 7.80. The van der Waals surface area contributed by atoms with Crippen LogP contribution in [0.4, 0.5) is 4.79 Å². The molecule has 0 unspecified atom stereocenters. The minimum Gasteiger partial charge on any atom is -0.423 e. The van der Waals surface area contributed by atoms with E-state index in [9.17, 15) is 13.2 Å². The molecule has 3 fully saturated rings. The van der Waals surface area contributed by atoms with E-state index >= 15 is 0 Å². The van der Waals surface area contributed by atoms with E-state index in [-0.39, 0.29) is 6.54 Å². The molecule has 12 nitrogen and oxygen atoms in total. The molecule has 3 aliphatic heterocycles. The van der Waals surface area contributed by atoms with Gasteiger partial charge in [0.2, 0.25) is 11.8 Å². The van der Waals surface area contributed by atoms with Crippen molar-refractivity contribution in [2.75, 3.05) is 39.3 Å². The molecule has 0 radical (unpaired) electrons. The van der Waals surface area contributed by atoms with Crippen molar-refractivity contribution >= 4 is 16.4 Å². The van der Waals surface area contributed by atoms with Crippen molar-refractivity contribution in [2.24, 2.45) is 0 Å². The quantitative estimate of drug-likeness (QED) is 0.563. The van der Waals surface area contributed by atoms with Crippen molar-refractivity contribution in [1.29, 1.82) is 0 Å². The first-order chi connectivity index (χ1) is 13.4. The fourth-order valence-electron chi connectivity index (χ4n) is 3.98. The van der Waals surface area contributed by atoms with Crippen LogP contribution in [0.5, 0.6) is 0 Å². The lowest BCUT2D eigenvalue weighted by Gasteiger charge is -2.27. The Bertz CT molecular complexity index is 810. The Morgan fingerprint density at radius 2 is 2.04 bits per heavy atom. The number of urea groups is 1. The number of rotatable bonds is 7. The first-order valence-corrected chi connectivity index (χ1v) is 10.8. The van der Waals surface area contributed by atoms with Crippen LogP contribution in [0.3, 0.4) is 0 Å². The van der Waals surface area contributed by atoms with E-state index in [1.807, 2.05) is 0 Å². The summed E-state index contributed by atoms with van der Waals surface area (Å²) in [5.41, 5.74) is 0. The zero-order chi connectivity index (χ0) is 19.7. The summed E-state index contributed by atoms with van der Waals surface area (Å²) >= 11 is 0. The third kappa shape index (κ3) is 4.27. The summed E-state index contributed by atoms with van der Waals surface area (Å²) in [6.45, 7) is 5.34. The van der Waals surface area contributed by atoms with Crippen LogP contribution < -0.4 is 5.32 Å². The summed E-state index contributed by atoms with van der Waals surface area (Å²) in [5, 5.41) is 12.2. The second kappa shape index (κ2) is 7.91. The molecule has 1 aromatic heterocycles. The number of carbonyl (C=O) groups excluding carboxylic acids is 1. The van der Waals surface area contributed by atoms with Crippen LogP contribution >= 0.6 is 0 Å². The predicted molar refractivity (Wildman–Crippen MR) is 94.3 cm³/mol. The first kappa shape index (κ1) is 19.5. The molecule has 2 amide bonds. The maximum absolute atomic E-state index is 12.5. The van der Waals surface area contributed by atoms with Crippen LogP contribution in [0.2, 0.25) is 0 Å². The van der Waals surface area contributed by atoms with Crippen molar-refractivity contribution in [2.45, 2.75) is 37.8 Å². The van der Waals surface area contributed by atoms with Crippen LogP contribution in [0, 0.1) is 0 Å². The minimum absolute atomic E-state index is 0.278. The Kier molecular flexibility index (Phi) is 5.51. The molecule has 0 aliphatic carbocycles. The third-order valence-electron chi connectivity index (χ3n) is 5.34. The van der Waals surface area contributed by atoms with Crippen molar-refractivity contribution in [3.8, 4) is 0 Å². The molecule has 1 aromatic rings. The van der Waals surface area contributed by atoms with Gasteiger partial charge < -0.3 is 19.5 Å². The second-order valence-corrected chi connectivity index (χ2v) is 8.24. The zero-order valence-corrected chi connectivity index (χ0v) is 16.2. The van der Waals surface area contributed by atoms with Gasteiger partial charge in [0.25, 0.3) is 0 Å². The van der Waals surface area contributed by atoms with E-state index < -0.39 is 28.5 Å². The minimum atomic E-state index is -4.76. The maximum atomic E-state index is 12.5. The number of hydroxylamine groups is 2. The molecule has 4 heterocycles. The van der Waals surface area contributed by atoms with E-state index in [1.165, 1.54) is 4.90 Å². The number of hydrogen-bond donors (Lipinski definition) is 2. The zero-order valence-electron chi connectivity index (χ0n) is 15.4. The number of piperidine rings is 1. The van der Waals surface area contributed by atoms with Crippen molar-refractivity contribution in [1.82, 2.24) is 30.4 Å². The topological polar surface area (TPSA) is 141 Å². The highest BCUT2D eigenvalue weighted by atomic mass is 32.3. The van der Waals surface area contributed by atoms with Gasteiger partial charge in [0, 0.05) is 39.1 Å². The molecule has 0 saturated carbocycles. The van der Waals surface area contributed by atoms with Crippen LogP contribution in [0.1, 0.15) is 37.1 Å². The van der Waals surface area contributed by atoms with Gasteiger partial charge in [-0.05, 0) is 25.8 Å². The second-order valence-electron chi connectivity index (χ2n) is 7.24. The Labute approximate surface area is 162 Å². The van der Waals surface area contributed by atoms with Gasteiger partial charge in [0.15, 0.2) is 0 Å². The SMILES string of the molecule is O=C1N2C[C@H](CC[C@H]2c2nnc(CCCN3CCNCC3)o2)N1OS(=O)(=O)O. The van der Waals surface area contributed by atoms with E-state index in [4.69, 9.17) is 8.97 Å². The summed E-state index contributed by atoms with van der Waals surface area (Å²) in [4.78, 5) is 16.3. The average Bonchev–Trinajstić information content (AvgIpc) is 3.22. The highest BCUT2D eigenvalue weighted by Gasteiger charge is 2.49. The Hall–Kier alpha value is -1.80. The summed E-state index contributed by atoms with van der Waals surface area (Å²) in [6, 6.07) is -1.50. The van der Waals surface area contributed by atoms with Gasteiger partial charge in [-0.2, -0.15) is 13.5 Å². The number of aryl methyl sites for hydroxylation is 1. The largest absolute Gasteiger partial charge is 0.423 e. The Morgan fingerprint density at radius 1 is 1.25 bits per heavy atom. The molecular formula is C15H24N6O6S. The number of carbonyl (C=O) groups is 1. The number of fused-ring (bicyclic) bond motifs is 2. The van der Waals surface area contributed by atoms with Gasteiger partial charge in [-0.15, -0.1) is 14.5 Å². The van der Waals surface area contributed by atoms with Crippen LogP contribution in [-0.2, 0) is 21.1 Å². The van der Waals surface area contributed by atoms with E-state index in [1.54, 1.807) is 0 Å². The molecule has 2 bridgehead atoms. The molecular weight excluding hydrogens is 392 g/mol. The van der Waals surface area contributed by atoms with E-state index in [0.717, 1.165) is 39.1 Å². The third-order valence-corrected chi connectivity index (χ3v) is 5.69. The smallest absolute Gasteiger partial charge is 0.418 e. The molecule has 156 valence electrons. The lowest BCUT2D eigenvalue weighted by molar-refractivity contribution is -0.0317. The first-order valence-electron chi connectivity index (χ1n) is 9.43. The summed E-state index contributed by atoms with van der Waals surface area (Å²) in [5.74, 6) is 0.877. The van der Waals surface area contributed by atoms with E-state index in [0.29, 0.717) is 36.1 Å². The van der Waals surface area contributed by atoms with Gasteiger partial charge in [0.05, 0.1) is 6.04 Å². The summed E-state index contributed by atoms with van der Waals surface area (Å²) in [7, 11) is -4.76. The Morgan fingerprint density at radius 3 is 2.79 bits per heavy atom. The molecule has 2 atom stereocenters. The van der Waals surface area contributed by atoms with E-state index in [2.05, 4.69) is 24.7 Å². The summed E-state index contributed by atoms with van der Waals surface area (Å²) < 4.78 is 41.0. The van der Waals surface area contributed by atoms with Gasteiger partial charge in [-0.3, -0.25) is 4.55 Å². The maximum Gasteiger partial charge on any atom is 0.418 e. The molecule has 2 N–H and O–H groups in total. The predicted octanol–water partition coefficient (Wildman–Crippen LogP) is -0.417.